The van der Waals surface area contributed by atoms with Crippen LogP contribution < -0.4 is 27.4 Å². The molecule has 0 aliphatic heterocycles. The van der Waals surface area contributed by atoms with Crippen LogP contribution in [0.25, 0.3) is 10.9 Å². The van der Waals surface area contributed by atoms with E-state index in [0.717, 1.165) is 10.9 Å². The third kappa shape index (κ3) is 9.03. The highest BCUT2D eigenvalue weighted by Crippen LogP contribution is 2.20. The Morgan fingerprint density at radius 2 is 1.48 bits per heavy atom. The molecule has 0 saturated carbocycles. The number of hydrogen-bond acceptors (Lipinski definition) is 8. The summed E-state index contributed by atoms with van der Waals surface area (Å²) in [6.07, 6.45) is 2.95. The van der Waals surface area contributed by atoms with Crippen LogP contribution in [0.2, 0.25) is 0 Å². The third-order valence-electron chi connectivity index (χ3n) is 6.84. The number of phenols is 1. The molecule has 4 unspecified atom stereocenters. The molecule has 1 heterocycles. The van der Waals surface area contributed by atoms with Gasteiger partial charge < -0.3 is 47.7 Å². The molecule has 2 aromatic carbocycles. The van der Waals surface area contributed by atoms with Crippen molar-refractivity contribution in [2.75, 3.05) is 13.2 Å². The predicted octanol–water partition coefficient (Wildman–Crippen LogP) is -0.354. The number of aromatic nitrogens is 1. The fourth-order valence-electron chi connectivity index (χ4n) is 4.47. The first kappa shape index (κ1) is 32.1. The van der Waals surface area contributed by atoms with Gasteiger partial charge in [0.25, 0.3) is 0 Å². The van der Waals surface area contributed by atoms with Crippen molar-refractivity contribution in [3.8, 4) is 5.75 Å². The van der Waals surface area contributed by atoms with E-state index in [9.17, 15) is 34.5 Å². The van der Waals surface area contributed by atoms with E-state index in [1.165, 1.54) is 12.1 Å². The quantitative estimate of drug-likeness (QED) is 0.100. The molecule has 1 aromatic heterocycles. The molecule has 42 heavy (non-hydrogen) atoms. The summed E-state index contributed by atoms with van der Waals surface area (Å²) in [5, 5.41) is 37.2. The Hall–Kier alpha value is -4.46. The van der Waals surface area contributed by atoms with Crippen LogP contribution in [0.1, 0.15) is 30.4 Å². The van der Waals surface area contributed by atoms with Gasteiger partial charge in [0.1, 0.15) is 29.9 Å². The Morgan fingerprint density at radius 1 is 0.833 bits per heavy atom. The number of fused-ring (bicyclic) bond motifs is 1. The Kier molecular flexibility index (Phi) is 11.8. The van der Waals surface area contributed by atoms with Crippen LogP contribution in [0.3, 0.4) is 0 Å². The molecular weight excluding hydrogens is 544 g/mol. The lowest BCUT2D eigenvalue weighted by Crippen LogP contribution is -2.58. The molecule has 4 atom stereocenters. The number of carboxylic acids is 1. The number of amides is 3. The van der Waals surface area contributed by atoms with E-state index < -0.39 is 54.5 Å². The Labute approximate surface area is 242 Å². The zero-order valence-corrected chi connectivity index (χ0v) is 23.1. The summed E-state index contributed by atoms with van der Waals surface area (Å²) in [5.41, 5.74) is 13.3. The number of phenolic OH excluding ortho intramolecular Hbond substituents is 1. The first-order chi connectivity index (χ1) is 20.1. The maximum Gasteiger partial charge on any atom is 0.326 e. The van der Waals surface area contributed by atoms with Crippen molar-refractivity contribution in [1.82, 2.24) is 20.9 Å². The second kappa shape index (κ2) is 15.5. The van der Waals surface area contributed by atoms with Gasteiger partial charge in [-0.1, -0.05) is 30.3 Å². The number of para-hydroxylation sites is 1. The molecule has 3 aromatic rings. The summed E-state index contributed by atoms with van der Waals surface area (Å²) in [7, 11) is 0. The Bertz CT molecular complexity index is 1360. The van der Waals surface area contributed by atoms with Gasteiger partial charge in [0.15, 0.2) is 0 Å². The molecule has 226 valence electrons. The van der Waals surface area contributed by atoms with Crippen LogP contribution in [0, 0.1) is 0 Å². The van der Waals surface area contributed by atoms with E-state index in [0.29, 0.717) is 30.5 Å². The molecule has 0 aliphatic rings. The number of benzene rings is 2. The number of aromatic hydroxyl groups is 1. The first-order valence-corrected chi connectivity index (χ1v) is 13.7. The summed E-state index contributed by atoms with van der Waals surface area (Å²) in [5.74, 6) is -3.40. The SMILES string of the molecule is NCCCCC(NC(=O)C(N)CO)C(=O)NC(Cc1c[nH]c2ccccc12)C(=O)NC(Cc1ccc(O)cc1)C(=O)O. The highest BCUT2D eigenvalue weighted by atomic mass is 16.4. The maximum absolute atomic E-state index is 13.6. The van der Waals surface area contributed by atoms with Crippen molar-refractivity contribution < 1.29 is 34.5 Å². The highest BCUT2D eigenvalue weighted by molar-refractivity contribution is 5.95. The second-order valence-corrected chi connectivity index (χ2v) is 10.0. The normalized spacial score (nSPS) is 14.0. The number of aliphatic carboxylic acids is 1. The number of hydrogen-bond donors (Lipinski definition) is 9. The average molecular weight is 583 g/mol. The lowest BCUT2D eigenvalue weighted by Gasteiger charge is -2.25. The smallest absolute Gasteiger partial charge is 0.326 e. The summed E-state index contributed by atoms with van der Waals surface area (Å²) >= 11 is 0. The van der Waals surface area contributed by atoms with E-state index in [1.54, 1.807) is 18.3 Å². The number of unbranched alkanes of at least 4 members (excludes halogenated alkanes) is 1. The van der Waals surface area contributed by atoms with E-state index in [4.69, 9.17) is 11.5 Å². The van der Waals surface area contributed by atoms with E-state index in [-0.39, 0.29) is 25.0 Å². The minimum Gasteiger partial charge on any atom is -0.508 e. The van der Waals surface area contributed by atoms with Gasteiger partial charge in [-0.3, -0.25) is 14.4 Å². The molecular formula is C29H38N6O7. The molecule has 11 N–H and O–H groups in total. The highest BCUT2D eigenvalue weighted by Gasteiger charge is 2.31. The number of H-pyrrole nitrogens is 1. The first-order valence-electron chi connectivity index (χ1n) is 13.7. The van der Waals surface area contributed by atoms with Crippen LogP contribution in [0.4, 0.5) is 0 Å². The molecule has 13 heteroatoms. The van der Waals surface area contributed by atoms with Crippen molar-refractivity contribution >= 4 is 34.6 Å². The number of carbonyl (C=O) groups excluding carboxylic acids is 3. The lowest BCUT2D eigenvalue weighted by atomic mass is 10.0. The lowest BCUT2D eigenvalue weighted by molar-refractivity contribution is -0.142. The molecule has 0 saturated heterocycles. The number of aliphatic hydroxyl groups excluding tert-OH is 1. The summed E-state index contributed by atoms with van der Waals surface area (Å²) < 4.78 is 0. The van der Waals surface area contributed by atoms with Crippen LogP contribution in [-0.4, -0.2) is 81.3 Å². The Balaban J connectivity index is 1.86. The van der Waals surface area contributed by atoms with E-state index in [1.807, 2.05) is 24.3 Å². The van der Waals surface area contributed by atoms with Crippen molar-refractivity contribution in [2.45, 2.75) is 56.3 Å². The number of carboxylic acid groups (broad SMARTS) is 1. The number of rotatable bonds is 16. The fourth-order valence-corrected chi connectivity index (χ4v) is 4.47. The van der Waals surface area contributed by atoms with Crippen molar-refractivity contribution in [1.29, 1.82) is 0 Å². The average Bonchev–Trinajstić information content (AvgIpc) is 3.39. The zero-order chi connectivity index (χ0) is 30.6. The number of aromatic amines is 1. The third-order valence-corrected chi connectivity index (χ3v) is 6.84. The Morgan fingerprint density at radius 3 is 2.14 bits per heavy atom. The molecule has 0 bridgehead atoms. The fraction of sp³-hybridized carbons (Fsp3) is 0.379. The number of carbonyl (C=O) groups is 4. The topological polar surface area (TPSA) is 233 Å². The zero-order valence-electron chi connectivity index (χ0n) is 23.1. The minimum absolute atomic E-state index is 0.0178. The van der Waals surface area contributed by atoms with Crippen molar-refractivity contribution in [3.05, 3.63) is 65.9 Å². The minimum atomic E-state index is -1.33. The monoisotopic (exact) mass is 582 g/mol. The predicted molar refractivity (Wildman–Crippen MR) is 155 cm³/mol. The summed E-state index contributed by atoms with van der Waals surface area (Å²) in [6.45, 7) is -0.242. The van der Waals surface area contributed by atoms with Crippen LogP contribution in [0.5, 0.6) is 5.75 Å². The van der Waals surface area contributed by atoms with E-state index >= 15 is 0 Å². The molecule has 0 radical (unpaired) electrons. The molecule has 3 rings (SSSR count). The van der Waals surface area contributed by atoms with Gasteiger partial charge in [-0.2, -0.15) is 0 Å². The standard InChI is InChI=1S/C29H38N6O7/c30-12-4-3-7-23(33-26(38)21(31)16-36)27(39)34-24(14-18-15-32-22-6-2-1-5-20(18)22)28(40)35-25(29(41)42)13-17-8-10-19(37)11-9-17/h1-2,5-6,8-11,15,21,23-25,32,36-37H,3-4,7,12-14,16,30-31H2,(H,33,38)(H,34,39)(H,35,40)(H,41,42). The van der Waals surface area contributed by atoms with Gasteiger partial charge >= 0.3 is 5.97 Å². The molecule has 13 nitrogen and oxygen atoms in total. The second-order valence-electron chi connectivity index (χ2n) is 10.0. The number of nitrogens with two attached hydrogens (primary N) is 2. The molecule has 3 amide bonds. The van der Waals surface area contributed by atoms with Gasteiger partial charge in [-0.25, -0.2) is 4.79 Å². The van der Waals surface area contributed by atoms with Crippen molar-refractivity contribution in [2.24, 2.45) is 11.5 Å². The summed E-state index contributed by atoms with van der Waals surface area (Å²) in [4.78, 5) is 54.6. The van der Waals surface area contributed by atoms with Gasteiger partial charge in [0, 0.05) is 29.9 Å². The van der Waals surface area contributed by atoms with E-state index in [2.05, 4.69) is 20.9 Å². The molecule has 0 spiro atoms. The molecule has 0 aliphatic carbocycles. The van der Waals surface area contributed by atoms with Crippen LogP contribution >= 0.6 is 0 Å². The van der Waals surface area contributed by atoms with Gasteiger partial charge in [-0.15, -0.1) is 0 Å². The van der Waals surface area contributed by atoms with Gasteiger partial charge in [0.05, 0.1) is 6.61 Å². The largest absolute Gasteiger partial charge is 0.508 e. The summed E-state index contributed by atoms with van der Waals surface area (Å²) in [6, 6.07) is 8.47. The van der Waals surface area contributed by atoms with Gasteiger partial charge in [0.2, 0.25) is 17.7 Å². The molecule has 0 fully saturated rings. The maximum atomic E-state index is 13.6. The van der Waals surface area contributed by atoms with Crippen molar-refractivity contribution in [3.63, 3.8) is 0 Å². The number of aliphatic hydroxyl groups is 1. The number of nitrogens with one attached hydrogen (secondary N) is 4. The van der Waals surface area contributed by atoms with Crippen LogP contribution in [-0.2, 0) is 32.0 Å². The van der Waals surface area contributed by atoms with Crippen LogP contribution in [0.15, 0.2) is 54.7 Å². The van der Waals surface area contributed by atoms with Gasteiger partial charge in [-0.05, 0) is 55.1 Å².